The molecular formula is C23H23N3O5S. The lowest BCUT2D eigenvalue weighted by Crippen LogP contribution is -2.25. The van der Waals surface area contributed by atoms with E-state index >= 15 is 0 Å². The van der Waals surface area contributed by atoms with Crippen LogP contribution in [0.2, 0.25) is 0 Å². The minimum Gasteiger partial charge on any atom is -0.489 e. The second kappa shape index (κ2) is 11.1. The van der Waals surface area contributed by atoms with E-state index in [1.807, 2.05) is 30.3 Å². The number of esters is 1. The highest BCUT2D eigenvalue weighted by atomic mass is 32.1. The topological polar surface area (TPSA) is 107 Å². The lowest BCUT2D eigenvalue weighted by molar-refractivity contribution is -0.147. The number of Topliss-reactive ketones (excluding diaryl/α,β-unsaturated/α-hetero) is 1. The van der Waals surface area contributed by atoms with Gasteiger partial charge in [-0.05, 0) is 43.7 Å². The third kappa shape index (κ3) is 6.98. The summed E-state index contributed by atoms with van der Waals surface area (Å²) in [7, 11) is 0. The molecule has 3 aromatic rings. The molecule has 9 heteroatoms. The van der Waals surface area contributed by atoms with Gasteiger partial charge in [-0.25, -0.2) is 0 Å². The van der Waals surface area contributed by atoms with Crippen LogP contribution in [0.25, 0.3) is 0 Å². The summed E-state index contributed by atoms with van der Waals surface area (Å²) in [6, 6.07) is 16.4. The first kappa shape index (κ1) is 23.1. The van der Waals surface area contributed by atoms with E-state index in [9.17, 15) is 14.4 Å². The van der Waals surface area contributed by atoms with Crippen LogP contribution in [0.5, 0.6) is 5.75 Å². The summed E-state index contributed by atoms with van der Waals surface area (Å²) in [5.74, 6) is -0.700. The van der Waals surface area contributed by atoms with Crippen molar-refractivity contribution < 1.29 is 23.9 Å². The van der Waals surface area contributed by atoms with Crippen LogP contribution in [0.1, 0.15) is 40.7 Å². The van der Waals surface area contributed by atoms with Crippen LogP contribution < -0.4 is 10.1 Å². The third-order valence-electron chi connectivity index (χ3n) is 4.39. The molecule has 1 aromatic heterocycles. The number of amides is 1. The minimum absolute atomic E-state index is 0.0776. The fraction of sp³-hybridized carbons (Fsp3) is 0.261. The zero-order chi connectivity index (χ0) is 22.9. The molecule has 0 spiro atoms. The second-order valence-corrected chi connectivity index (χ2v) is 8.15. The van der Waals surface area contributed by atoms with Crippen molar-refractivity contribution in [3.63, 3.8) is 0 Å². The normalized spacial score (nSPS) is 11.4. The summed E-state index contributed by atoms with van der Waals surface area (Å²) < 4.78 is 10.9. The molecule has 0 fully saturated rings. The van der Waals surface area contributed by atoms with Gasteiger partial charge in [0.1, 0.15) is 17.4 Å². The molecule has 0 bridgehead atoms. The highest BCUT2D eigenvalue weighted by Crippen LogP contribution is 2.17. The van der Waals surface area contributed by atoms with Crippen molar-refractivity contribution >= 4 is 34.1 Å². The molecule has 0 aliphatic rings. The number of benzene rings is 2. The molecule has 0 radical (unpaired) electrons. The molecular weight excluding hydrogens is 430 g/mol. The Balaban J connectivity index is 1.42. The first-order chi connectivity index (χ1) is 15.4. The summed E-state index contributed by atoms with van der Waals surface area (Å²) in [6.07, 6.45) is -1.19. The zero-order valence-electron chi connectivity index (χ0n) is 17.7. The zero-order valence-corrected chi connectivity index (χ0v) is 18.6. The Morgan fingerprint density at radius 2 is 1.72 bits per heavy atom. The van der Waals surface area contributed by atoms with Crippen LogP contribution in [-0.4, -0.2) is 34.0 Å². The lowest BCUT2D eigenvalue weighted by Gasteiger charge is -2.13. The number of hydrogen-bond donors (Lipinski definition) is 1. The summed E-state index contributed by atoms with van der Waals surface area (Å²) in [6.45, 7) is 3.70. The van der Waals surface area contributed by atoms with Gasteiger partial charge in [-0.1, -0.05) is 41.7 Å². The molecule has 0 aliphatic carbocycles. The number of ketones is 1. The van der Waals surface area contributed by atoms with Crippen LogP contribution in [0, 0.1) is 6.92 Å². The van der Waals surface area contributed by atoms with Gasteiger partial charge in [0.25, 0.3) is 0 Å². The number of nitrogens with one attached hydrogen (secondary N) is 1. The average molecular weight is 454 g/mol. The predicted octanol–water partition coefficient (Wildman–Crippen LogP) is 3.96. The fourth-order valence-corrected chi connectivity index (χ4v) is 3.35. The third-order valence-corrected chi connectivity index (χ3v) is 5.15. The number of carbonyl (C=O) groups excluding carboxylic acids is 3. The highest BCUT2D eigenvalue weighted by Gasteiger charge is 2.20. The van der Waals surface area contributed by atoms with Crippen LogP contribution in [0.3, 0.4) is 0 Å². The van der Waals surface area contributed by atoms with E-state index in [-0.39, 0.29) is 24.5 Å². The van der Waals surface area contributed by atoms with Gasteiger partial charge in [0.15, 0.2) is 6.10 Å². The maximum atomic E-state index is 12.5. The molecule has 166 valence electrons. The number of anilines is 1. The van der Waals surface area contributed by atoms with E-state index in [1.54, 1.807) is 31.2 Å². The molecule has 1 atom stereocenters. The summed E-state index contributed by atoms with van der Waals surface area (Å²) in [5, 5.41) is 11.3. The Morgan fingerprint density at radius 1 is 1.00 bits per heavy atom. The lowest BCUT2D eigenvalue weighted by atomic mass is 10.1. The number of rotatable bonds is 10. The molecule has 0 saturated heterocycles. The van der Waals surface area contributed by atoms with Crippen LogP contribution in [-0.2, 0) is 20.9 Å². The molecule has 1 heterocycles. The number of aryl methyl sites for hydroxylation is 1. The van der Waals surface area contributed by atoms with Crippen molar-refractivity contribution in [1.29, 1.82) is 0 Å². The van der Waals surface area contributed by atoms with Gasteiger partial charge >= 0.3 is 5.97 Å². The number of ether oxygens (including phenoxy) is 2. The van der Waals surface area contributed by atoms with Crippen LogP contribution in [0.15, 0.2) is 54.6 Å². The van der Waals surface area contributed by atoms with Crippen LogP contribution in [0.4, 0.5) is 5.13 Å². The molecule has 8 nitrogen and oxygen atoms in total. The van der Waals surface area contributed by atoms with Gasteiger partial charge in [-0.2, -0.15) is 0 Å². The second-order valence-electron chi connectivity index (χ2n) is 6.97. The minimum atomic E-state index is -0.965. The maximum absolute atomic E-state index is 12.5. The first-order valence-electron chi connectivity index (χ1n) is 10.0. The predicted molar refractivity (Wildman–Crippen MR) is 120 cm³/mol. The Labute approximate surface area is 189 Å². The van der Waals surface area contributed by atoms with E-state index in [0.717, 1.165) is 10.6 Å². The van der Waals surface area contributed by atoms with Gasteiger partial charge in [0, 0.05) is 12.0 Å². The monoisotopic (exact) mass is 453 g/mol. The largest absolute Gasteiger partial charge is 0.489 e. The molecule has 1 amide bonds. The van der Waals surface area contributed by atoms with Crippen molar-refractivity contribution in [2.45, 2.75) is 39.4 Å². The van der Waals surface area contributed by atoms with Crippen LogP contribution >= 0.6 is 11.3 Å². The van der Waals surface area contributed by atoms with E-state index in [4.69, 9.17) is 9.47 Å². The van der Waals surface area contributed by atoms with E-state index in [0.29, 0.717) is 23.1 Å². The van der Waals surface area contributed by atoms with E-state index < -0.39 is 12.1 Å². The fourth-order valence-electron chi connectivity index (χ4n) is 2.75. The standard InChI is InChI=1S/C23H23N3O5S/c1-15(31-21(28)13-12-20(27)24-23-26-25-16(2)32-23)22(29)18-8-10-19(11-9-18)30-14-17-6-4-3-5-7-17/h3-11,15H,12-14H2,1-2H3,(H,24,26,27)/t15-/m0/s1. The van der Waals surface area contributed by atoms with E-state index in [2.05, 4.69) is 15.5 Å². The summed E-state index contributed by atoms with van der Waals surface area (Å²) in [4.78, 5) is 36.4. The average Bonchev–Trinajstić information content (AvgIpc) is 3.21. The quantitative estimate of drug-likeness (QED) is 0.366. The van der Waals surface area contributed by atoms with Gasteiger partial charge < -0.3 is 14.8 Å². The Kier molecular flexibility index (Phi) is 8.04. The molecule has 0 aliphatic heterocycles. The maximum Gasteiger partial charge on any atom is 0.307 e. The summed E-state index contributed by atoms with van der Waals surface area (Å²) >= 11 is 1.24. The Morgan fingerprint density at radius 3 is 2.38 bits per heavy atom. The number of aromatic nitrogens is 2. The Bertz CT molecular complexity index is 1070. The first-order valence-corrected chi connectivity index (χ1v) is 10.8. The molecule has 1 N–H and O–H groups in total. The van der Waals surface area contributed by atoms with Crippen molar-refractivity contribution in [2.24, 2.45) is 0 Å². The number of nitrogens with zero attached hydrogens (tertiary/aromatic N) is 2. The van der Waals surface area contributed by atoms with Crippen molar-refractivity contribution in [3.05, 3.63) is 70.7 Å². The van der Waals surface area contributed by atoms with Crippen molar-refractivity contribution in [2.75, 3.05) is 5.32 Å². The SMILES string of the molecule is Cc1nnc(NC(=O)CCC(=O)O[C@@H](C)C(=O)c2ccc(OCc3ccccc3)cc2)s1. The molecule has 2 aromatic carbocycles. The molecule has 3 rings (SSSR count). The molecule has 0 unspecified atom stereocenters. The molecule has 0 saturated carbocycles. The van der Waals surface area contributed by atoms with Gasteiger partial charge in [0.2, 0.25) is 16.8 Å². The Hall–Kier alpha value is -3.59. The number of hydrogen-bond acceptors (Lipinski definition) is 8. The highest BCUT2D eigenvalue weighted by molar-refractivity contribution is 7.15. The van der Waals surface area contributed by atoms with E-state index in [1.165, 1.54) is 18.3 Å². The van der Waals surface area contributed by atoms with Gasteiger partial charge in [-0.15, -0.1) is 10.2 Å². The number of carbonyl (C=O) groups is 3. The van der Waals surface area contributed by atoms with Crippen molar-refractivity contribution in [1.82, 2.24) is 10.2 Å². The smallest absolute Gasteiger partial charge is 0.307 e. The van der Waals surface area contributed by atoms with Crippen molar-refractivity contribution in [3.8, 4) is 5.75 Å². The van der Waals surface area contributed by atoms with Gasteiger partial charge in [-0.3, -0.25) is 14.4 Å². The molecule has 32 heavy (non-hydrogen) atoms. The van der Waals surface area contributed by atoms with Gasteiger partial charge in [0.05, 0.1) is 6.42 Å². The summed E-state index contributed by atoms with van der Waals surface area (Å²) in [5.41, 5.74) is 1.45.